The van der Waals surface area contributed by atoms with E-state index in [0.29, 0.717) is 17.8 Å². The van der Waals surface area contributed by atoms with E-state index in [2.05, 4.69) is 10.3 Å². The predicted octanol–water partition coefficient (Wildman–Crippen LogP) is 2.07. The van der Waals surface area contributed by atoms with Gasteiger partial charge in [0.25, 0.3) is 5.91 Å². The first-order valence-electron chi connectivity index (χ1n) is 10.3. The molecule has 166 valence electrons. The summed E-state index contributed by atoms with van der Waals surface area (Å²) in [5.41, 5.74) is 3.79. The number of fused-ring (bicyclic) bond motifs is 2. The predicted molar refractivity (Wildman–Crippen MR) is 119 cm³/mol. The van der Waals surface area contributed by atoms with Gasteiger partial charge in [-0.2, -0.15) is 0 Å². The first-order chi connectivity index (χ1) is 15.2. The molecule has 1 aliphatic rings. The van der Waals surface area contributed by atoms with E-state index in [9.17, 15) is 14.4 Å². The van der Waals surface area contributed by atoms with Crippen molar-refractivity contribution in [2.45, 2.75) is 25.6 Å². The Morgan fingerprint density at radius 1 is 1.22 bits per heavy atom. The Kier molecular flexibility index (Phi) is 5.56. The number of aliphatic carboxylic acids is 1. The summed E-state index contributed by atoms with van der Waals surface area (Å²) in [6.07, 6.45) is -0.315. The van der Waals surface area contributed by atoms with Crippen molar-refractivity contribution in [3.63, 3.8) is 0 Å². The number of carbonyl (C=O) groups excluding carboxylic acids is 2. The third-order valence-corrected chi connectivity index (χ3v) is 5.75. The van der Waals surface area contributed by atoms with Gasteiger partial charge in [0, 0.05) is 38.9 Å². The molecule has 0 spiro atoms. The van der Waals surface area contributed by atoms with Crippen LogP contribution in [0.2, 0.25) is 0 Å². The van der Waals surface area contributed by atoms with Crippen LogP contribution in [-0.2, 0) is 29.7 Å². The van der Waals surface area contributed by atoms with Gasteiger partial charge in [0.05, 0.1) is 24.0 Å². The summed E-state index contributed by atoms with van der Waals surface area (Å²) in [5, 5.41) is 12.1. The van der Waals surface area contributed by atoms with Crippen LogP contribution in [0.4, 0.5) is 5.69 Å². The van der Waals surface area contributed by atoms with Crippen LogP contribution in [0, 0.1) is 0 Å². The fraction of sp³-hybridized carbons (Fsp3) is 0.304. The molecular weight excluding hydrogens is 410 g/mol. The van der Waals surface area contributed by atoms with Gasteiger partial charge in [0.2, 0.25) is 5.91 Å². The number of nitrogens with one attached hydrogen (secondary N) is 1. The van der Waals surface area contributed by atoms with E-state index in [0.717, 1.165) is 22.4 Å². The molecule has 4 rings (SSSR count). The maximum absolute atomic E-state index is 13.1. The molecule has 0 fully saturated rings. The number of amides is 2. The molecule has 2 aromatic carbocycles. The van der Waals surface area contributed by atoms with Gasteiger partial charge in [-0.1, -0.05) is 12.1 Å². The minimum Gasteiger partial charge on any atom is -0.481 e. The van der Waals surface area contributed by atoms with Crippen molar-refractivity contribution in [3.8, 4) is 0 Å². The van der Waals surface area contributed by atoms with Crippen LogP contribution in [-0.4, -0.2) is 62.4 Å². The molecule has 9 heteroatoms. The molecule has 9 nitrogen and oxygen atoms in total. The van der Waals surface area contributed by atoms with Crippen molar-refractivity contribution < 1.29 is 19.5 Å². The van der Waals surface area contributed by atoms with Crippen molar-refractivity contribution in [2.24, 2.45) is 7.05 Å². The highest BCUT2D eigenvalue weighted by Gasteiger charge is 2.29. The number of carboxylic acid groups (broad SMARTS) is 1. The summed E-state index contributed by atoms with van der Waals surface area (Å²) in [7, 11) is 5.28. The highest BCUT2D eigenvalue weighted by atomic mass is 16.4. The zero-order valence-electron chi connectivity index (χ0n) is 18.2. The zero-order chi connectivity index (χ0) is 23.0. The number of anilines is 1. The lowest BCUT2D eigenvalue weighted by Gasteiger charge is -2.19. The van der Waals surface area contributed by atoms with Crippen molar-refractivity contribution in [1.82, 2.24) is 19.4 Å². The SMILES string of the molecule is CN(Cc1nc2ccccc2n1C)C(=O)c1ccc2c(c1)CN(C)C(=O)[C@H](CC(=O)O)N2. The molecule has 0 unspecified atom stereocenters. The van der Waals surface area contributed by atoms with E-state index in [1.54, 1.807) is 37.2 Å². The molecule has 2 amide bonds. The Hall–Kier alpha value is -3.88. The van der Waals surface area contributed by atoms with Gasteiger partial charge in [0.15, 0.2) is 0 Å². The number of aromatic nitrogens is 2. The largest absolute Gasteiger partial charge is 0.481 e. The third-order valence-electron chi connectivity index (χ3n) is 5.75. The number of rotatable bonds is 5. The molecule has 1 aliphatic heterocycles. The standard InChI is InChI=1S/C23H25N5O4/c1-26-12-15-10-14(8-9-16(15)24-18(23(26)32)11-21(29)30)22(31)27(2)13-20-25-17-6-4-5-7-19(17)28(20)3/h4-10,18,24H,11-13H2,1-3H3,(H,29,30)/t18-/m0/s1. The summed E-state index contributed by atoms with van der Waals surface area (Å²) in [5.74, 6) is -0.737. The number of para-hydroxylation sites is 2. The Morgan fingerprint density at radius 3 is 2.69 bits per heavy atom. The Labute approximate surface area is 185 Å². The van der Waals surface area contributed by atoms with E-state index in [1.807, 2.05) is 35.9 Å². The van der Waals surface area contributed by atoms with E-state index in [1.165, 1.54) is 4.90 Å². The lowest BCUT2D eigenvalue weighted by Crippen LogP contribution is -2.39. The highest BCUT2D eigenvalue weighted by Crippen LogP contribution is 2.25. The van der Waals surface area contributed by atoms with Crippen LogP contribution in [0.5, 0.6) is 0 Å². The van der Waals surface area contributed by atoms with Gasteiger partial charge >= 0.3 is 5.97 Å². The number of aryl methyl sites for hydroxylation is 1. The minimum atomic E-state index is -1.05. The fourth-order valence-electron chi connectivity index (χ4n) is 4.00. The molecule has 1 atom stereocenters. The normalized spacial score (nSPS) is 15.8. The zero-order valence-corrected chi connectivity index (χ0v) is 18.2. The Morgan fingerprint density at radius 2 is 1.97 bits per heavy atom. The second-order valence-electron chi connectivity index (χ2n) is 8.10. The summed E-state index contributed by atoms with van der Waals surface area (Å²) in [4.78, 5) is 44.5. The third kappa shape index (κ3) is 4.01. The molecular formula is C23H25N5O4. The Balaban J connectivity index is 1.56. The molecule has 2 N–H and O–H groups in total. The van der Waals surface area contributed by atoms with Gasteiger partial charge in [-0.05, 0) is 35.9 Å². The molecule has 0 saturated carbocycles. The molecule has 0 bridgehead atoms. The van der Waals surface area contributed by atoms with Crippen LogP contribution in [0.3, 0.4) is 0 Å². The van der Waals surface area contributed by atoms with Crippen molar-refractivity contribution in [2.75, 3.05) is 19.4 Å². The van der Waals surface area contributed by atoms with Crippen LogP contribution in [0.25, 0.3) is 11.0 Å². The van der Waals surface area contributed by atoms with Gasteiger partial charge in [0.1, 0.15) is 11.9 Å². The van der Waals surface area contributed by atoms with Crippen LogP contribution >= 0.6 is 0 Å². The number of carbonyl (C=O) groups is 3. The highest BCUT2D eigenvalue weighted by molar-refractivity contribution is 5.95. The lowest BCUT2D eigenvalue weighted by atomic mass is 10.1. The lowest BCUT2D eigenvalue weighted by molar-refractivity contribution is -0.141. The summed E-state index contributed by atoms with van der Waals surface area (Å²) in [6, 6.07) is 12.1. The van der Waals surface area contributed by atoms with E-state index in [4.69, 9.17) is 5.11 Å². The molecule has 2 heterocycles. The van der Waals surface area contributed by atoms with E-state index < -0.39 is 12.0 Å². The smallest absolute Gasteiger partial charge is 0.305 e. The fourth-order valence-corrected chi connectivity index (χ4v) is 4.00. The van der Waals surface area contributed by atoms with Gasteiger partial charge in [-0.3, -0.25) is 14.4 Å². The van der Waals surface area contributed by atoms with Crippen LogP contribution < -0.4 is 5.32 Å². The van der Waals surface area contributed by atoms with Crippen LogP contribution in [0.15, 0.2) is 42.5 Å². The molecule has 3 aromatic rings. The average molecular weight is 435 g/mol. The van der Waals surface area contributed by atoms with Gasteiger partial charge < -0.3 is 24.8 Å². The first-order valence-corrected chi connectivity index (χ1v) is 10.3. The number of carboxylic acids is 1. The van der Waals surface area contributed by atoms with Crippen LogP contribution in [0.1, 0.15) is 28.2 Å². The quantitative estimate of drug-likeness (QED) is 0.635. The summed E-state index contributed by atoms with van der Waals surface area (Å²) in [6.45, 7) is 0.630. The first kappa shape index (κ1) is 21.4. The van der Waals surface area contributed by atoms with E-state index >= 15 is 0 Å². The number of imidazole rings is 1. The summed E-state index contributed by atoms with van der Waals surface area (Å²) >= 11 is 0. The minimum absolute atomic E-state index is 0.167. The number of hydrogen-bond donors (Lipinski definition) is 2. The second-order valence-corrected chi connectivity index (χ2v) is 8.10. The molecule has 0 saturated heterocycles. The number of likely N-dealkylation sites (N-methyl/N-ethyl adjacent to an activating group) is 1. The number of hydrogen-bond acceptors (Lipinski definition) is 5. The van der Waals surface area contributed by atoms with Crippen molar-refractivity contribution >= 4 is 34.5 Å². The molecule has 0 radical (unpaired) electrons. The Bertz CT molecular complexity index is 1220. The monoisotopic (exact) mass is 435 g/mol. The second kappa shape index (κ2) is 8.33. The topological polar surface area (TPSA) is 108 Å². The maximum atomic E-state index is 13.1. The molecule has 0 aliphatic carbocycles. The van der Waals surface area contributed by atoms with Crippen molar-refractivity contribution in [1.29, 1.82) is 0 Å². The van der Waals surface area contributed by atoms with E-state index in [-0.39, 0.29) is 24.8 Å². The van der Waals surface area contributed by atoms with Gasteiger partial charge in [-0.15, -0.1) is 0 Å². The number of nitrogens with zero attached hydrogens (tertiary/aromatic N) is 4. The maximum Gasteiger partial charge on any atom is 0.305 e. The molecule has 32 heavy (non-hydrogen) atoms. The summed E-state index contributed by atoms with van der Waals surface area (Å²) < 4.78 is 1.98. The molecule has 1 aromatic heterocycles. The van der Waals surface area contributed by atoms with Crippen molar-refractivity contribution in [3.05, 3.63) is 59.4 Å². The average Bonchev–Trinajstić information content (AvgIpc) is 3.02. The van der Waals surface area contributed by atoms with Gasteiger partial charge in [-0.25, -0.2) is 4.98 Å². The number of benzene rings is 2.